The average Bonchev–Trinajstić information content (AvgIpc) is 2.24. The Bertz CT molecular complexity index is 463. The van der Waals surface area contributed by atoms with E-state index in [0.717, 1.165) is 11.0 Å². The minimum absolute atomic E-state index is 0.00561. The number of terminal acetylenes is 1. The first-order chi connectivity index (χ1) is 7.49. The molecule has 84 valence electrons. The Balaban J connectivity index is 3.19. The van der Waals surface area contributed by atoms with Crippen molar-refractivity contribution in [3.05, 3.63) is 34.9 Å². The van der Waals surface area contributed by atoms with E-state index in [-0.39, 0.29) is 12.1 Å². The summed E-state index contributed by atoms with van der Waals surface area (Å²) in [5, 5.41) is 0. The molecule has 0 aliphatic heterocycles. The lowest BCUT2D eigenvalue weighted by Gasteiger charge is -2.15. The summed E-state index contributed by atoms with van der Waals surface area (Å²) in [7, 11) is 1.39. The second kappa shape index (κ2) is 4.75. The highest BCUT2D eigenvalue weighted by atomic mass is 19.1. The number of hydrogen-bond donors (Lipinski definition) is 0. The number of halogens is 2. The van der Waals surface area contributed by atoms with E-state index in [1.165, 1.54) is 20.0 Å². The fourth-order valence-corrected chi connectivity index (χ4v) is 1.25. The van der Waals surface area contributed by atoms with Gasteiger partial charge >= 0.3 is 0 Å². The van der Waals surface area contributed by atoms with Gasteiger partial charge in [-0.2, -0.15) is 0 Å². The number of benzene rings is 1. The van der Waals surface area contributed by atoms with Gasteiger partial charge in [-0.05, 0) is 18.6 Å². The second-order valence-corrected chi connectivity index (χ2v) is 3.42. The number of hydrogen-bond acceptors (Lipinski definition) is 1. The lowest BCUT2D eigenvalue weighted by molar-refractivity contribution is 0.0803. The zero-order valence-corrected chi connectivity index (χ0v) is 9.05. The minimum atomic E-state index is -0.878. The topological polar surface area (TPSA) is 20.3 Å². The van der Waals surface area contributed by atoms with Gasteiger partial charge in [0.05, 0.1) is 6.54 Å². The number of rotatable bonds is 2. The molecule has 0 aliphatic carbocycles. The standard InChI is InChI=1S/C12H11F2NO/c1-4-7-15(3)12(16)10-9(13)6-5-8(2)11(10)14/h1,5-6H,7H2,2-3H3. The Kier molecular flexibility index (Phi) is 3.62. The number of carbonyl (C=O) groups is 1. The Morgan fingerprint density at radius 1 is 1.50 bits per heavy atom. The quantitative estimate of drug-likeness (QED) is 0.702. The molecule has 0 atom stereocenters. The molecule has 0 bridgehead atoms. The van der Waals surface area contributed by atoms with Crippen LogP contribution >= 0.6 is 0 Å². The maximum absolute atomic E-state index is 13.6. The zero-order valence-electron chi connectivity index (χ0n) is 9.05. The summed E-state index contributed by atoms with van der Waals surface area (Å²) < 4.78 is 26.9. The van der Waals surface area contributed by atoms with Gasteiger partial charge in [0.25, 0.3) is 5.91 Å². The maximum atomic E-state index is 13.6. The molecule has 0 radical (unpaired) electrons. The van der Waals surface area contributed by atoms with Crippen LogP contribution in [0.3, 0.4) is 0 Å². The molecule has 0 heterocycles. The SMILES string of the molecule is C#CCN(C)C(=O)c1c(F)ccc(C)c1F. The minimum Gasteiger partial charge on any atom is -0.330 e. The van der Waals surface area contributed by atoms with Gasteiger partial charge in [-0.3, -0.25) is 4.79 Å². The highest BCUT2D eigenvalue weighted by Crippen LogP contribution is 2.17. The first-order valence-corrected chi connectivity index (χ1v) is 4.62. The highest BCUT2D eigenvalue weighted by Gasteiger charge is 2.21. The van der Waals surface area contributed by atoms with Crippen LogP contribution in [0, 0.1) is 30.9 Å². The maximum Gasteiger partial charge on any atom is 0.260 e. The predicted octanol–water partition coefficient (Wildman–Crippen LogP) is 1.98. The third-order valence-electron chi connectivity index (χ3n) is 2.17. The Morgan fingerprint density at radius 3 is 2.69 bits per heavy atom. The van der Waals surface area contributed by atoms with Crippen molar-refractivity contribution in [3.8, 4) is 12.3 Å². The van der Waals surface area contributed by atoms with E-state index in [1.54, 1.807) is 0 Å². The van der Waals surface area contributed by atoms with Gasteiger partial charge in [-0.1, -0.05) is 12.0 Å². The molecule has 1 aromatic rings. The molecule has 0 saturated carbocycles. The molecule has 1 aromatic carbocycles. The molecule has 2 nitrogen and oxygen atoms in total. The van der Waals surface area contributed by atoms with Crippen LogP contribution in [0.5, 0.6) is 0 Å². The molecule has 16 heavy (non-hydrogen) atoms. The highest BCUT2D eigenvalue weighted by molar-refractivity contribution is 5.95. The van der Waals surface area contributed by atoms with Gasteiger partial charge in [0.1, 0.15) is 17.2 Å². The van der Waals surface area contributed by atoms with E-state index in [0.29, 0.717) is 0 Å². The largest absolute Gasteiger partial charge is 0.330 e. The predicted molar refractivity (Wildman–Crippen MR) is 56.9 cm³/mol. The third kappa shape index (κ3) is 2.19. The Hall–Kier alpha value is -1.89. The van der Waals surface area contributed by atoms with Crippen molar-refractivity contribution in [2.24, 2.45) is 0 Å². The first-order valence-electron chi connectivity index (χ1n) is 4.62. The van der Waals surface area contributed by atoms with Gasteiger partial charge < -0.3 is 4.90 Å². The summed E-state index contributed by atoms with van der Waals surface area (Å²) >= 11 is 0. The second-order valence-electron chi connectivity index (χ2n) is 3.42. The van der Waals surface area contributed by atoms with Gasteiger partial charge in [0.2, 0.25) is 0 Å². The molecule has 1 rings (SSSR count). The first kappa shape index (κ1) is 12.2. The van der Waals surface area contributed by atoms with Crippen molar-refractivity contribution in [3.63, 3.8) is 0 Å². The summed E-state index contributed by atoms with van der Waals surface area (Å²) in [6.07, 6.45) is 5.02. The Morgan fingerprint density at radius 2 is 2.12 bits per heavy atom. The molecule has 0 saturated heterocycles. The molecule has 4 heteroatoms. The summed E-state index contributed by atoms with van der Waals surface area (Å²) in [5.74, 6) is -0.238. The number of nitrogens with zero attached hydrogens (tertiary/aromatic N) is 1. The van der Waals surface area contributed by atoms with Crippen molar-refractivity contribution in [2.45, 2.75) is 6.92 Å². The fourth-order valence-electron chi connectivity index (χ4n) is 1.25. The summed E-state index contributed by atoms with van der Waals surface area (Å²) in [6.45, 7) is 1.47. The Labute approximate surface area is 92.9 Å². The molecule has 0 fully saturated rings. The average molecular weight is 223 g/mol. The van der Waals surface area contributed by atoms with E-state index >= 15 is 0 Å². The zero-order chi connectivity index (χ0) is 12.3. The number of amides is 1. The van der Waals surface area contributed by atoms with E-state index in [1.807, 2.05) is 0 Å². The van der Waals surface area contributed by atoms with Crippen LogP contribution < -0.4 is 0 Å². The molecule has 1 amide bonds. The van der Waals surface area contributed by atoms with Crippen LogP contribution in [0.15, 0.2) is 12.1 Å². The van der Waals surface area contributed by atoms with Gasteiger partial charge in [0.15, 0.2) is 0 Å². The molecule has 0 unspecified atom stereocenters. The van der Waals surface area contributed by atoms with Crippen LogP contribution in [-0.4, -0.2) is 24.4 Å². The number of carbonyl (C=O) groups excluding carboxylic acids is 1. The molecule has 0 N–H and O–H groups in total. The summed E-state index contributed by atoms with van der Waals surface area (Å²) in [4.78, 5) is 12.8. The van der Waals surface area contributed by atoms with Crippen molar-refractivity contribution in [1.29, 1.82) is 0 Å². The van der Waals surface area contributed by atoms with Crippen LogP contribution in [0.25, 0.3) is 0 Å². The lowest BCUT2D eigenvalue weighted by Crippen LogP contribution is -2.29. The molecular weight excluding hydrogens is 212 g/mol. The molecule has 0 aromatic heterocycles. The van der Waals surface area contributed by atoms with E-state index in [9.17, 15) is 13.6 Å². The smallest absolute Gasteiger partial charge is 0.260 e. The summed E-state index contributed by atoms with van der Waals surface area (Å²) in [5.41, 5.74) is -0.336. The van der Waals surface area contributed by atoms with E-state index in [4.69, 9.17) is 6.42 Å². The van der Waals surface area contributed by atoms with Crippen molar-refractivity contribution in [2.75, 3.05) is 13.6 Å². The van der Waals surface area contributed by atoms with Gasteiger partial charge in [0, 0.05) is 7.05 Å². The molecule has 0 spiro atoms. The van der Waals surface area contributed by atoms with Gasteiger partial charge in [-0.25, -0.2) is 8.78 Å². The summed E-state index contributed by atoms with van der Waals surface area (Å²) in [6, 6.07) is 2.35. The monoisotopic (exact) mass is 223 g/mol. The molecular formula is C12H11F2NO. The van der Waals surface area contributed by atoms with Crippen LogP contribution in [0.4, 0.5) is 8.78 Å². The van der Waals surface area contributed by atoms with Crippen LogP contribution in [0.2, 0.25) is 0 Å². The normalized spacial score (nSPS) is 9.69. The third-order valence-corrected chi connectivity index (χ3v) is 2.17. The van der Waals surface area contributed by atoms with Crippen molar-refractivity contribution < 1.29 is 13.6 Å². The van der Waals surface area contributed by atoms with E-state index < -0.39 is 23.1 Å². The van der Waals surface area contributed by atoms with Crippen molar-refractivity contribution >= 4 is 5.91 Å². The van der Waals surface area contributed by atoms with Crippen LogP contribution in [0.1, 0.15) is 15.9 Å². The van der Waals surface area contributed by atoms with Crippen molar-refractivity contribution in [1.82, 2.24) is 4.90 Å². The molecule has 0 aliphatic rings. The fraction of sp³-hybridized carbons (Fsp3) is 0.250. The van der Waals surface area contributed by atoms with E-state index in [2.05, 4.69) is 5.92 Å². The number of aryl methyl sites for hydroxylation is 1. The lowest BCUT2D eigenvalue weighted by atomic mass is 10.1. The van der Waals surface area contributed by atoms with Gasteiger partial charge in [-0.15, -0.1) is 6.42 Å². The van der Waals surface area contributed by atoms with Crippen LogP contribution in [-0.2, 0) is 0 Å².